The molecule has 0 spiro atoms. The number of ether oxygens (including phenoxy) is 2. The molecule has 0 unspecified atom stereocenters. The molecule has 0 saturated heterocycles. The van der Waals surface area contributed by atoms with Crippen molar-refractivity contribution in [1.29, 1.82) is 0 Å². The molecule has 2 aliphatic rings. The number of carbonyl (C=O) groups excluding carboxylic acids is 2. The third kappa shape index (κ3) is 5.31. The van der Waals surface area contributed by atoms with Gasteiger partial charge in [0.05, 0.1) is 16.8 Å². The number of thiophene rings is 1. The van der Waals surface area contributed by atoms with Crippen molar-refractivity contribution in [3.8, 4) is 5.75 Å². The minimum absolute atomic E-state index is 0.0110. The van der Waals surface area contributed by atoms with Gasteiger partial charge in [0, 0.05) is 24.5 Å². The Bertz CT molecular complexity index is 1470. The van der Waals surface area contributed by atoms with Gasteiger partial charge in [-0.25, -0.2) is 9.78 Å². The zero-order valence-electron chi connectivity index (χ0n) is 21.0. The van der Waals surface area contributed by atoms with E-state index in [-0.39, 0.29) is 24.2 Å². The predicted octanol–water partition coefficient (Wildman–Crippen LogP) is 3.41. The highest BCUT2D eigenvalue weighted by molar-refractivity contribution is 7.18. The molecule has 0 saturated carbocycles. The van der Waals surface area contributed by atoms with Gasteiger partial charge in [-0.15, -0.1) is 11.3 Å². The van der Waals surface area contributed by atoms with Crippen LogP contribution in [-0.2, 0) is 28.9 Å². The van der Waals surface area contributed by atoms with Crippen LogP contribution in [0.5, 0.6) is 5.75 Å². The van der Waals surface area contributed by atoms with Gasteiger partial charge in [-0.3, -0.25) is 9.59 Å². The Morgan fingerprint density at radius 2 is 2.05 bits per heavy atom. The highest BCUT2D eigenvalue weighted by Crippen LogP contribution is 2.32. The summed E-state index contributed by atoms with van der Waals surface area (Å²) in [5.74, 6) is 0.813. The molecule has 2 amide bonds. The van der Waals surface area contributed by atoms with Gasteiger partial charge in [0.15, 0.2) is 12.4 Å². The van der Waals surface area contributed by atoms with E-state index in [2.05, 4.69) is 27.2 Å². The molecule has 2 aromatic heterocycles. The van der Waals surface area contributed by atoms with Crippen molar-refractivity contribution in [2.24, 2.45) is 0 Å². The van der Waals surface area contributed by atoms with E-state index >= 15 is 0 Å². The van der Waals surface area contributed by atoms with Gasteiger partial charge in [0.1, 0.15) is 16.2 Å². The molecule has 1 aromatic carbocycles. The molecule has 3 N–H and O–H groups in total. The molecular formula is C26H29N5O5S. The van der Waals surface area contributed by atoms with Crippen LogP contribution in [0, 0.1) is 0 Å². The normalized spacial score (nSPS) is 15.2. The third-order valence-electron chi connectivity index (χ3n) is 6.11. The summed E-state index contributed by atoms with van der Waals surface area (Å²) in [5, 5.41) is 6.57. The SMILES string of the molecule is C=C(NCc1ccc2c(c1)NC(=O)CO2)c1nc2sc3c(c2c(=O)[nH]1)CCN(C(=O)OC(C)(C)C)CC3. The van der Waals surface area contributed by atoms with E-state index in [0.29, 0.717) is 65.7 Å². The average Bonchev–Trinajstić information content (AvgIpc) is 3.05. The van der Waals surface area contributed by atoms with Crippen molar-refractivity contribution in [3.05, 3.63) is 57.0 Å². The highest BCUT2D eigenvalue weighted by atomic mass is 32.1. The number of amides is 2. The van der Waals surface area contributed by atoms with Gasteiger partial charge >= 0.3 is 6.09 Å². The second kappa shape index (κ2) is 9.55. The second-order valence-corrected chi connectivity index (χ2v) is 11.1. The number of rotatable bonds is 4. The highest BCUT2D eigenvalue weighted by Gasteiger charge is 2.27. The number of benzene rings is 1. The fraction of sp³-hybridized carbons (Fsp3) is 0.385. The van der Waals surface area contributed by atoms with E-state index in [4.69, 9.17) is 9.47 Å². The van der Waals surface area contributed by atoms with E-state index in [1.54, 1.807) is 4.90 Å². The molecule has 10 nitrogen and oxygen atoms in total. The Balaban J connectivity index is 1.29. The molecule has 11 heteroatoms. The lowest BCUT2D eigenvalue weighted by molar-refractivity contribution is -0.118. The molecule has 0 atom stereocenters. The maximum Gasteiger partial charge on any atom is 0.410 e. The van der Waals surface area contributed by atoms with Gasteiger partial charge in [-0.2, -0.15) is 0 Å². The number of nitrogens with zero attached hydrogens (tertiary/aromatic N) is 2. The smallest absolute Gasteiger partial charge is 0.410 e. The Hall–Kier alpha value is -3.86. The van der Waals surface area contributed by atoms with Crippen molar-refractivity contribution < 1.29 is 19.1 Å². The van der Waals surface area contributed by atoms with Crippen LogP contribution in [0.15, 0.2) is 29.6 Å². The van der Waals surface area contributed by atoms with E-state index in [0.717, 1.165) is 16.0 Å². The number of nitrogens with one attached hydrogen (secondary N) is 3. The first-order valence-electron chi connectivity index (χ1n) is 12.1. The molecule has 0 bridgehead atoms. The Morgan fingerprint density at radius 1 is 1.27 bits per heavy atom. The molecule has 0 fully saturated rings. The van der Waals surface area contributed by atoms with E-state index in [1.165, 1.54) is 11.3 Å². The van der Waals surface area contributed by atoms with Crippen LogP contribution in [0.3, 0.4) is 0 Å². The maximum atomic E-state index is 13.1. The quantitative estimate of drug-likeness (QED) is 0.479. The molecule has 37 heavy (non-hydrogen) atoms. The van der Waals surface area contributed by atoms with Gasteiger partial charge in [0.25, 0.3) is 11.5 Å². The number of fused-ring (bicyclic) bond motifs is 4. The molecule has 5 rings (SSSR count). The van der Waals surface area contributed by atoms with Gasteiger partial charge < -0.3 is 30.0 Å². The minimum atomic E-state index is -0.556. The standard InChI is InChI=1S/C26H29N5O5S/c1-14(27-12-15-5-6-18-17(11-15)28-20(32)13-35-18)22-29-23(33)21-16-7-9-31(25(34)36-26(2,3)4)10-8-19(16)37-24(21)30-22/h5-6,11,27H,1,7-10,12-13H2,2-4H3,(H,28,32)(H,29,30,33). The molecule has 0 radical (unpaired) electrons. The molecule has 0 aliphatic carbocycles. The summed E-state index contributed by atoms with van der Waals surface area (Å²) in [4.78, 5) is 48.2. The number of aromatic amines is 1. The Labute approximate surface area is 217 Å². The van der Waals surface area contributed by atoms with Crippen molar-refractivity contribution in [1.82, 2.24) is 20.2 Å². The van der Waals surface area contributed by atoms with Crippen LogP contribution in [0.25, 0.3) is 15.9 Å². The fourth-order valence-corrected chi connectivity index (χ4v) is 5.57. The lowest BCUT2D eigenvalue weighted by atomic mass is 10.1. The van der Waals surface area contributed by atoms with Gasteiger partial charge in [0.2, 0.25) is 0 Å². The van der Waals surface area contributed by atoms with Crippen LogP contribution in [0.2, 0.25) is 0 Å². The Morgan fingerprint density at radius 3 is 2.84 bits per heavy atom. The molecule has 194 valence electrons. The number of H-pyrrole nitrogens is 1. The van der Waals surface area contributed by atoms with Crippen molar-refractivity contribution in [2.75, 3.05) is 25.0 Å². The fourth-order valence-electron chi connectivity index (χ4n) is 4.36. The first-order valence-corrected chi connectivity index (χ1v) is 12.9. The average molecular weight is 524 g/mol. The predicted molar refractivity (Wildman–Crippen MR) is 142 cm³/mol. The van der Waals surface area contributed by atoms with Crippen LogP contribution < -0.4 is 20.9 Å². The van der Waals surface area contributed by atoms with Crippen LogP contribution in [0.1, 0.15) is 42.6 Å². The summed E-state index contributed by atoms with van der Waals surface area (Å²) in [6, 6.07) is 5.54. The van der Waals surface area contributed by atoms with Crippen molar-refractivity contribution in [3.63, 3.8) is 0 Å². The van der Waals surface area contributed by atoms with E-state index in [9.17, 15) is 14.4 Å². The van der Waals surface area contributed by atoms with Gasteiger partial charge in [-0.05, 0) is 56.9 Å². The lowest BCUT2D eigenvalue weighted by Gasteiger charge is -2.26. The molecule has 4 heterocycles. The summed E-state index contributed by atoms with van der Waals surface area (Å²) in [6.07, 6.45) is 0.871. The summed E-state index contributed by atoms with van der Waals surface area (Å²) in [7, 11) is 0. The first kappa shape index (κ1) is 24.8. The van der Waals surface area contributed by atoms with Gasteiger partial charge in [-0.1, -0.05) is 12.6 Å². The Kier molecular flexibility index (Phi) is 6.40. The lowest BCUT2D eigenvalue weighted by Crippen LogP contribution is -2.38. The van der Waals surface area contributed by atoms with Crippen LogP contribution in [-0.4, -0.2) is 52.2 Å². The zero-order chi connectivity index (χ0) is 26.3. The topological polar surface area (TPSA) is 126 Å². The number of aromatic nitrogens is 2. The molecule has 3 aromatic rings. The molecule has 2 aliphatic heterocycles. The first-order chi connectivity index (χ1) is 17.6. The third-order valence-corrected chi connectivity index (χ3v) is 7.29. The van der Waals surface area contributed by atoms with Crippen molar-refractivity contribution >= 4 is 44.9 Å². The summed E-state index contributed by atoms with van der Waals surface area (Å²) < 4.78 is 10.9. The van der Waals surface area contributed by atoms with Crippen LogP contribution in [0.4, 0.5) is 10.5 Å². The number of carbonyl (C=O) groups is 2. The summed E-state index contributed by atoms with van der Waals surface area (Å²) in [5.41, 5.74) is 2.18. The monoisotopic (exact) mass is 523 g/mol. The number of hydrogen-bond donors (Lipinski definition) is 3. The summed E-state index contributed by atoms with van der Waals surface area (Å²) >= 11 is 1.48. The van der Waals surface area contributed by atoms with Crippen LogP contribution >= 0.6 is 11.3 Å². The summed E-state index contributed by atoms with van der Waals surface area (Å²) in [6.45, 7) is 11.0. The minimum Gasteiger partial charge on any atom is -0.482 e. The maximum absolute atomic E-state index is 13.1. The van der Waals surface area contributed by atoms with E-state index in [1.807, 2.05) is 39.0 Å². The van der Waals surface area contributed by atoms with Crippen molar-refractivity contribution in [2.45, 2.75) is 45.8 Å². The number of hydrogen-bond acceptors (Lipinski definition) is 8. The zero-order valence-corrected chi connectivity index (χ0v) is 21.8. The largest absolute Gasteiger partial charge is 0.482 e. The van der Waals surface area contributed by atoms with E-state index < -0.39 is 5.60 Å². The second-order valence-electron chi connectivity index (χ2n) is 10.1. The number of anilines is 1. The molecular weight excluding hydrogens is 494 g/mol.